The van der Waals surface area contributed by atoms with Gasteiger partial charge in [0.15, 0.2) is 0 Å². The van der Waals surface area contributed by atoms with Crippen LogP contribution < -0.4 is 5.32 Å². The molecule has 2 rings (SSSR count). The number of hydrogen-bond donors (Lipinski definition) is 1. The number of benzene rings is 2. The smallest absolute Gasteiger partial charge is 0.257 e. The van der Waals surface area contributed by atoms with Crippen LogP contribution in [0, 0.1) is 3.57 Å². The maximum Gasteiger partial charge on any atom is 0.257 e. The van der Waals surface area contributed by atoms with E-state index in [-0.39, 0.29) is 10.9 Å². The number of anilines is 1. The van der Waals surface area contributed by atoms with Crippen LogP contribution in [0.3, 0.4) is 0 Å². The Balaban J connectivity index is 2.28. The number of rotatable bonds is 2. The van der Waals surface area contributed by atoms with Crippen LogP contribution in [0.2, 0.25) is 15.1 Å². The first-order chi connectivity index (χ1) is 8.99. The van der Waals surface area contributed by atoms with E-state index >= 15 is 0 Å². The van der Waals surface area contributed by atoms with Gasteiger partial charge >= 0.3 is 0 Å². The van der Waals surface area contributed by atoms with Crippen LogP contribution in [0.15, 0.2) is 36.4 Å². The third-order valence-electron chi connectivity index (χ3n) is 2.38. The van der Waals surface area contributed by atoms with E-state index in [1.54, 1.807) is 36.4 Å². The molecule has 2 aromatic carbocycles. The molecule has 2 aromatic rings. The first-order valence-corrected chi connectivity index (χ1v) is 7.40. The van der Waals surface area contributed by atoms with Crippen molar-refractivity contribution >= 4 is 69.0 Å². The molecular formula is C13H7Cl3INO. The molecule has 19 heavy (non-hydrogen) atoms. The van der Waals surface area contributed by atoms with E-state index in [9.17, 15) is 4.79 Å². The van der Waals surface area contributed by atoms with Gasteiger partial charge in [-0.25, -0.2) is 0 Å². The van der Waals surface area contributed by atoms with Crippen LogP contribution in [-0.4, -0.2) is 5.91 Å². The fraction of sp³-hybridized carbons (Fsp3) is 0. The Morgan fingerprint density at radius 3 is 2.53 bits per heavy atom. The number of carbonyl (C=O) groups is 1. The second-order valence-corrected chi connectivity index (χ2v) is 6.06. The minimum Gasteiger partial charge on any atom is -0.321 e. The molecule has 1 amide bonds. The van der Waals surface area contributed by atoms with Gasteiger partial charge in [-0.05, 0) is 52.9 Å². The van der Waals surface area contributed by atoms with Crippen LogP contribution >= 0.6 is 57.4 Å². The third-order valence-corrected chi connectivity index (χ3v) is 4.32. The summed E-state index contributed by atoms with van der Waals surface area (Å²) in [4.78, 5) is 12.1. The van der Waals surface area contributed by atoms with E-state index < -0.39 is 0 Å². The molecule has 2 nitrogen and oxygen atoms in total. The lowest BCUT2D eigenvalue weighted by molar-refractivity contribution is 0.102. The highest BCUT2D eigenvalue weighted by Gasteiger charge is 2.13. The van der Waals surface area contributed by atoms with Crippen LogP contribution in [-0.2, 0) is 0 Å². The van der Waals surface area contributed by atoms with Crippen LogP contribution in [0.5, 0.6) is 0 Å². The van der Waals surface area contributed by atoms with E-state index in [2.05, 4.69) is 27.9 Å². The molecule has 0 saturated heterocycles. The summed E-state index contributed by atoms with van der Waals surface area (Å²) in [6.45, 7) is 0. The molecule has 0 saturated carbocycles. The molecule has 0 unspecified atom stereocenters. The molecular weight excluding hydrogens is 419 g/mol. The number of carbonyl (C=O) groups excluding carboxylic acids is 1. The van der Waals surface area contributed by atoms with Gasteiger partial charge in [0.2, 0.25) is 0 Å². The van der Waals surface area contributed by atoms with Crippen molar-refractivity contribution < 1.29 is 4.79 Å². The first-order valence-electron chi connectivity index (χ1n) is 5.19. The van der Waals surface area contributed by atoms with Crippen molar-refractivity contribution in [2.24, 2.45) is 0 Å². The molecule has 0 bridgehead atoms. The van der Waals surface area contributed by atoms with Crippen molar-refractivity contribution in [3.8, 4) is 0 Å². The van der Waals surface area contributed by atoms with Crippen molar-refractivity contribution in [2.45, 2.75) is 0 Å². The predicted molar refractivity (Wildman–Crippen MR) is 88.6 cm³/mol. The normalized spacial score (nSPS) is 10.3. The van der Waals surface area contributed by atoms with E-state index in [0.717, 1.165) is 3.57 Å². The summed E-state index contributed by atoms with van der Waals surface area (Å²) in [5.74, 6) is -0.312. The van der Waals surface area contributed by atoms with Gasteiger partial charge in [-0.15, -0.1) is 0 Å². The Morgan fingerprint density at radius 1 is 1.11 bits per heavy atom. The zero-order valence-corrected chi connectivity index (χ0v) is 13.8. The van der Waals surface area contributed by atoms with Crippen molar-refractivity contribution in [3.05, 3.63) is 60.6 Å². The summed E-state index contributed by atoms with van der Waals surface area (Å²) in [5.41, 5.74) is 1.01. The van der Waals surface area contributed by atoms with E-state index in [0.29, 0.717) is 21.3 Å². The number of halogens is 4. The van der Waals surface area contributed by atoms with E-state index in [4.69, 9.17) is 34.8 Å². The topological polar surface area (TPSA) is 29.1 Å². The van der Waals surface area contributed by atoms with Gasteiger partial charge in [-0.1, -0.05) is 40.9 Å². The number of amides is 1. The molecule has 0 aliphatic rings. The lowest BCUT2D eigenvalue weighted by Gasteiger charge is -2.09. The molecule has 0 aliphatic heterocycles. The van der Waals surface area contributed by atoms with Crippen molar-refractivity contribution in [3.63, 3.8) is 0 Å². The van der Waals surface area contributed by atoms with Gasteiger partial charge in [0.25, 0.3) is 5.91 Å². The summed E-state index contributed by atoms with van der Waals surface area (Å²) in [7, 11) is 0. The Morgan fingerprint density at radius 2 is 1.84 bits per heavy atom. The highest BCUT2D eigenvalue weighted by Crippen LogP contribution is 2.27. The predicted octanol–water partition coefficient (Wildman–Crippen LogP) is 5.50. The Labute approximate surface area is 139 Å². The van der Waals surface area contributed by atoms with Gasteiger partial charge in [-0.2, -0.15) is 0 Å². The molecule has 0 heterocycles. The molecule has 0 aliphatic carbocycles. The van der Waals surface area contributed by atoms with Crippen molar-refractivity contribution in [2.75, 3.05) is 5.32 Å². The van der Waals surface area contributed by atoms with E-state index in [1.165, 1.54) is 0 Å². The van der Waals surface area contributed by atoms with Gasteiger partial charge in [0.05, 0.1) is 21.3 Å². The maximum absolute atomic E-state index is 12.1. The molecule has 0 fully saturated rings. The quantitative estimate of drug-likeness (QED) is 0.631. The van der Waals surface area contributed by atoms with Crippen LogP contribution in [0.25, 0.3) is 0 Å². The van der Waals surface area contributed by atoms with Crippen LogP contribution in [0.4, 0.5) is 5.69 Å². The molecule has 0 radical (unpaired) electrons. The Bertz CT molecular complexity index is 646. The summed E-state index contributed by atoms with van der Waals surface area (Å²) in [6, 6.07) is 10.1. The highest BCUT2D eigenvalue weighted by atomic mass is 127. The molecule has 0 aromatic heterocycles. The fourth-order valence-corrected chi connectivity index (χ4v) is 2.85. The summed E-state index contributed by atoms with van der Waals surface area (Å²) in [6.07, 6.45) is 0. The zero-order chi connectivity index (χ0) is 14.0. The molecule has 98 valence electrons. The largest absolute Gasteiger partial charge is 0.321 e. The van der Waals surface area contributed by atoms with Crippen molar-refractivity contribution in [1.29, 1.82) is 0 Å². The summed E-state index contributed by atoms with van der Waals surface area (Å²) >= 11 is 19.8. The molecule has 1 N–H and O–H groups in total. The van der Waals surface area contributed by atoms with Crippen LogP contribution in [0.1, 0.15) is 10.4 Å². The van der Waals surface area contributed by atoms with Crippen molar-refractivity contribution in [1.82, 2.24) is 0 Å². The second-order valence-electron chi connectivity index (χ2n) is 3.68. The minimum atomic E-state index is -0.312. The van der Waals surface area contributed by atoms with Gasteiger partial charge < -0.3 is 5.32 Å². The highest BCUT2D eigenvalue weighted by molar-refractivity contribution is 14.1. The van der Waals surface area contributed by atoms with Gasteiger partial charge in [-0.3, -0.25) is 4.79 Å². The fourth-order valence-electron chi connectivity index (χ4n) is 1.46. The average molecular weight is 426 g/mol. The lowest BCUT2D eigenvalue weighted by Crippen LogP contribution is -2.13. The average Bonchev–Trinajstić information content (AvgIpc) is 2.36. The lowest BCUT2D eigenvalue weighted by atomic mass is 10.2. The SMILES string of the molecule is O=C(Nc1ccc(Cl)cc1I)c1cccc(Cl)c1Cl. The summed E-state index contributed by atoms with van der Waals surface area (Å²) < 4.78 is 0.844. The Kier molecular flexibility index (Phi) is 4.95. The molecule has 6 heteroatoms. The van der Waals surface area contributed by atoms with Gasteiger partial charge in [0, 0.05) is 8.59 Å². The third kappa shape index (κ3) is 3.54. The first kappa shape index (κ1) is 14.9. The monoisotopic (exact) mass is 425 g/mol. The Hall–Kier alpha value is -0.490. The standard InChI is InChI=1S/C13H7Cl3INO/c14-7-4-5-11(10(17)6-7)18-13(19)8-2-1-3-9(15)12(8)16/h1-6H,(H,18,19). The number of nitrogens with one attached hydrogen (secondary N) is 1. The minimum absolute atomic E-state index is 0.241. The van der Waals surface area contributed by atoms with Gasteiger partial charge in [0.1, 0.15) is 0 Å². The molecule has 0 atom stereocenters. The maximum atomic E-state index is 12.1. The molecule has 0 spiro atoms. The zero-order valence-electron chi connectivity index (χ0n) is 9.38. The summed E-state index contributed by atoms with van der Waals surface area (Å²) in [5, 5.41) is 3.98. The second kappa shape index (κ2) is 6.31. The van der Waals surface area contributed by atoms with E-state index in [1.807, 2.05) is 0 Å². The number of hydrogen-bond acceptors (Lipinski definition) is 1.